The normalized spacial score (nSPS) is 12.3. The Kier molecular flexibility index (Phi) is 9.80. The molecule has 0 aliphatic carbocycles. The van der Waals surface area contributed by atoms with Crippen LogP contribution in [0.15, 0.2) is 15.8 Å². The van der Waals surface area contributed by atoms with Gasteiger partial charge in [-0.05, 0) is 31.6 Å². The van der Waals surface area contributed by atoms with Crippen molar-refractivity contribution in [3.63, 3.8) is 0 Å². The van der Waals surface area contributed by atoms with Gasteiger partial charge < -0.3 is 16.0 Å². The van der Waals surface area contributed by atoms with Crippen LogP contribution in [0.2, 0.25) is 0 Å². The van der Waals surface area contributed by atoms with Crippen LogP contribution in [-0.2, 0) is 16.1 Å². The molecule has 1 atom stereocenters. The molecule has 0 aliphatic heterocycles. The van der Waals surface area contributed by atoms with Crippen molar-refractivity contribution in [2.45, 2.75) is 60.0 Å². The summed E-state index contributed by atoms with van der Waals surface area (Å²) < 4.78 is 1.17. The van der Waals surface area contributed by atoms with Crippen LogP contribution in [0.3, 0.4) is 0 Å². The summed E-state index contributed by atoms with van der Waals surface area (Å²) in [5.74, 6) is -0.0508. The number of aromatic amines is 1. The fourth-order valence-electron chi connectivity index (χ4n) is 2.96. The van der Waals surface area contributed by atoms with Gasteiger partial charge in [0.15, 0.2) is 0 Å². The topological polar surface area (TPSA) is 130 Å². The Morgan fingerprint density at radius 3 is 2.41 bits per heavy atom. The van der Waals surface area contributed by atoms with E-state index in [-0.39, 0.29) is 24.3 Å². The number of nitrogens with two attached hydrogens (primary N) is 1. The maximum atomic E-state index is 13.1. The zero-order valence-corrected chi connectivity index (χ0v) is 18.2. The van der Waals surface area contributed by atoms with Gasteiger partial charge in [-0.25, -0.2) is 4.79 Å². The Bertz CT molecular complexity index is 797. The van der Waals surface area contributed by atoms with Crippen molar-refractivity contribution in [2.24, 2.45) is 17.6 Å². The van der Waals surface area contributed by atoms with Crippen molar-refractivity contribution in [1.82, 2.24) is 19.8 Å². The number of H-pyrrole nitrogens is 1. The van der Waals surface area contributed by atoms with E-state index in [2.05, 4.69) is 10.3 Å². The van der Waals surface area contributed by atoms with Gasteiger partial charge in [0.25, 0.3) is 5.56 Å². The number of amides is 2. The van der Waals surface area contributed by atoms with E-state index in [1.54, 1.807) is 11.8 Å². The number of nitrogens with one attached hydrogen (secondary N) is 2. The van der Waals surface area contributed by atoms with Crippen LogP contribution in [0.4, 0.5) is 0 Å². The number of aromatic nitrogens is 2. The largest absolute Gasteiger partial charge is 0.353 e. The van der Waals surface area contributed by atoms with Crippen LogP contribution in [0.1, 0.15) is 46.1 Å². The Hall–Kier alpha value is -2.42. The smallest absolute Gasteiger partial charge is 0.328 e. The zero-order valence-electron chi connectivity index (χ0n) is 18.2. The second-order valence-corrected chi connectivity index (χ2v) is 8.19. The third kappa shape index (κ3) is 7.84. The van der Waals surface area contributed by atoms with E-state index in [0.29, 0.717) is 37.5 Å². The molecule has 0 aliphatic rings. The van der Waals surface area contributed by atoms with E-state index >= 15 is 0 Å². The van der Waals surface area contributed by atoms with Crippen molar-refractivity contribution >= 4 is 11.8 Å². The summed E-state index contributed by atoms with van der Waals surface area (Å²) in [7, 11) is 0. The van der Waals surface area contributed by atoms with Gasteiger partial charge in [0.05, 0.1) is 0 Å². The van der Waals surface area contributed by atoms with Gasteiger partial charge in [-0.3, -0.25) is 23.9 Å². The van der Waals surface area contributed by atoms with Crippen LogP contribution in [0.5, 0.6) is 0 Å². The molecular formula is C20H35N5O4. The van der Waals surface area contributed by atoms with Crippen LogP contribution in [0.25, 0.3) is 0 Å². The highest BCUT2D eigenvalue weighted by Crippen LogP contribution is 2.15. The van der Waals surface area contributed by atoms with Crippen molar-refractivity contribution in [3.8, 4) is 0 Å². The molecule has 0 fully saturated rings. The summed E-state index contributed by atoms with van der Waals surface area (Å²) >= 11 is 0. The molecule has 1 aromatic heterocycles. The third-order valence-electron chi connectivity index (χ3n) is 4.58. The molecule has 0 bridgehead atoms. The van der Waals surface area contributed by atoms with Gasteiger partial charge in [-0.1, -0.05) is 27.7 Å². The molecule has 0 aromatic carbocycles. The summed E-state index contributed by atoms with van der Waals surface area (Å²) in [6.45, 7) is 10.4. The maximum Gasteiger partial charge on any atom is 0.328 e. The molecule has 9 nitrogen and oxygen atoms in total. The van der Waals surface area contributed by atoms with Gasteiger partial charge in [0.1, 0.15) is 12.6 Å². The zero-order chi connectivity index (χ0) is 22.1. The monoisotopic (exact) mass is 409 g/mol. The molecule has 0 radical (unpaired) electrons. The van der Waals surface area contributed by atoms with Gasteiger partial charge in [0, 0.05) is 31.4 Å². The lowest BCUT2D eigenvalue weighted by atomic mass is 10.00. The molecule has 0 saturated heterocycles. The summed E-state index contributed by atoms with van der Waals surface area (Å²) in [5.41, 5.74) is 4.71. The van der Waals surface area contributed by atoms with Crippen molar-refractivity contribution < 1.29 is 9.59 Å². The van der Waals surface area contributed by atoms with Crippen molar-refractivity contribution in [1.29, 1.82) is 0 Å². The lowest BCUT2D eigenvalue weighted by molar-refractivity contribution is -0.141. The number of hydrogen-bond donors (Lipinski definition) is 3. The first-order valence-electron chi connectivity index (χ1n) is 10.1. The summed E-state index contributed by atoms with van der Waals surface area (Å²) in [6.07, 6.45) is 2.59. The van der Waals surface area contributed by atoms with Crippen molar-refractivity contribution in [2.75, 3.05) is 19.6 Å². The Labute approximate surface area is 171 Å². The summed E-state index contributed by atoms with van der Waals surface area (Å²) in [6, 6.07) is -0.646. The molecule has 0 saturated carbocycles. The predicted molar refractivity (Wildman–Crippen MR) is 113 cm³/mol. The average molecular weight is 410 g/mol. The molecule has 1 heterocycles. The molecule has 1 rings (SSSR count). The van der Waals surface area contributed by atoms with Crippen LogP contribution >= 0.6 is 0 Å². The Morgan fingerprint density at radius 1 is 1.21 bits per heavy atom. The third-order valence-corrected chi connectivity index (χ3v) is 4.58. The molecule has 0 spiro atoms. The van der Waals surface area contributed by atoms with Crippen molar-refractivity contribution in [3.05, 3.63) is 32.6 Å². The predicted octanol–water partition coefficient (Wildman–Crippen LogP) is 0.209. The summed E-state index contributed by atoms with van der Waals surface area (Å²) in [4.78, 5) is 53.3. The average Bonchev–Trinajstić information content (AvgIpc) is 2.62. The Morgan fingerprint density at radius 2 is 1.86 bits per heavy atom. The number of rotatable bonds is 11. The standard InChI is InChI=1S/C20H35N5O4/c1-13(2)6-9-25(16(10-14(3)4)19(28)22-8-7-21)17(26)12-24-11-15(5)18(27)23-20(24)29/h11,13-14,16H,6-10,12,21H2,1-5H3,(H,22,28)(H,23,27,29). The fraction of sp³-hybridized carbons (Fsp3) is 0.700. The van der Waals surface area contributed by atoms with Crippen LogP contribution in [0, 0.1) is 18.8 Å². The molecule has 1 unspecified atom stereocenters. The quantitative estimate of drug-likeness (QED) is 0.481. The minimum atomic E-state index is -0.647. The summed E-state index contributed by atoms with van der Waals surface area (Å²) in [5, 5.41) is 2.78. The molecule has 164 valence electrons. The van der Waals surface area contributed by atoms with Crippen LogP contribution in [-0.4, -0.2) is 51.9 Å². The minimum absolute atomic E-state index is 0.191. The second-order valence-electron chi connectivity index (χ2n) is 8.19. The Balaban J connectivity index is 3.19. The lowest BCUT2D eigenvalue weighted by Gasteiger charge is -2.33. The first-order valence-corrected chi connectivity index (χ1v) is 10.1. The SMILES string of the molecule is Cc1cn(CC(=O)N(CCC(C)C)C(CC(C)C)C(=O)NCCN)c(=O)[nH]c1=O. The van der Waals surface area contributed by atoms with Gasteiger partial charge >= 0.3 is 5.69 Å². The van der Waals surface area contributed by atoms with E-state index in [9.17, 15) is 19.2 Å². The number of carbonyl (C=O) groups is 2. The van der Waals surface area contributed by atoms with E-state index in [1.807, 2.05) is 27.7 Å². The second kappa shape index (κ2) is 11.5. The lowest BCUT2D eigenvalue weighted by Crippen LogP contribution is -2.52. The highest BCUT2D eigenvalue weighted by molar-refractivity contribution is 5.87. The first kappa shape index (κ1) is 24.6. The maximum absolute atomic E-state index is 13.1. The molecule has 1 aromatic rings. The minimum Gasteiger partial charge on any atom is -0.353 e. The van der Waals surface area contributed by atoms with Gasteiger partial charge in [-0.2, -0.15) is 0 Å². The first-order chi connectivity index (χ1) is 13.6. The number of aryl methyl sites for hydroxylation is 1. The fourth-order valence-corrected chi connectivity index (χ4v) is 2.96. The number of carbonyl (C=O) groups excluding carboxylic acids is 2. The number of hydrogen-bond acceptors (Lipinski definition) is 5. The number of nitrogens with zero attached hydrogens (tertiary/aromatic N) is 2. The molecule has 2 amide bonds. The van der Waals surface area contributed by atoms with E-state index in [0.717, 1.165) is 6.42 Å². The van der Waals surface area contributed by atoms with Crippen LogP contribution < -0.4 is 22.3 Å². The molecule has 4 N–H and O–H groups in total. The van der Waals surface area contributed by atoms with Gasteiger partial charge in [-0.15, -0.1) is 0 Å². The molecule has 9 heteroatoms. The van der Waals surface area contributed by atoms with E-state index in [4.69, 9.17) is 5.73 Å². The van der Waals surface area contributed by atoms with E-state index in [1.165, 1.54) is 10.8 Å². The molecular weight excluding hydrogens is 374 g/mol. The highest BCUT2D eigenvalue weighted by atomic mass is 16.2. The highest BCUT2D eigenvalue weighted by Gasteiger charge is 2.30. The van der Waals surface area contributed by atoms with E-state index < -0.39 is 17.3 Å². The molecule has 29 heavy (non-hydrogen) atoms. The van der Waals surface area contributed by atoms with Gasteiger partial charge in [0.2, 0.25) is 11.8 Å².